The summed E-state index contributed by atoms with van der Waals surface area (Å²) in [7, 11) is 4.50. The molecule has 0 amide bonds. The zero-order valence-corrected chi connectivity index (χ0v) is 9.32. The highest BCUT2D eigenvalue weighted by Crippen LogP contribution is 2.33. The minimum Gasteiger partial charge on any atom is -0.303 e. The van der Waals surface area contributed by atoms with Crippen LogP contribution < -0.4 is 0 Å². The maximum atomic E-state index is 2.83. The molecule has 0 radical (unpaired) electrons. The first-order valence-corrected chi connectivity index (χ1v) is 5.88. The molecule has 2 bridgehead atoms. The molecule has 3 saturated heterocycles. The van der Waals surface area contributed by atoms with Gasteiger partial charge < -0.3 is 9.80 Å². The van der Waals surface area contributed by atoms with Crippen LogP contribution in [0.3, 0.4) is 0 Å². The Bertz CT molecular complexity index is 211. The molecule has 3 rings (SSSR count). The van der Waals surface area contributed by atoms with Crippen molar-refractivity contribution in [3.63, 3.8) is 0 Å². The molecule has 0 aliphatic carbocycles. The smallest absolute Gasteiger partial charge is 0.0357 e. The van der Waals surface area contributed by atoms with Gasteiger partial charge >= 0.3 is 0 Å². The summed E-state index contributed by atoms with van der Waals surface area (Å²) < 4.78 is 0. The van der Waals surface area contributed by atoms with Gasteiger partial charge in [0, 0.05) is 44.3 Å². The van der Waals surface area contributed by atoms with Crippen LogP contribution in [0.15, 0.2) is 0 Å². The number of hydrogen-bond acceptors (Lipinski definition) is 3. The van der Waals surface area contributed by atoms with Gasteiger partial charge in [0.2, 0.25) is 0 Å². The summed E-state index contributed by atoms with van der Waals surface area (Å²) in [5.74, 6) is 0. The van der Waals surface area contributed by atoms with Crippen LogP contribution in [0.4, 0.5) is 0 Å². The molecule has 3 heteroatoms. The molecule has 2 unspecified atom stereocenters. The standard InChI is InChI=1S/C11H21N3/c1-12-5-9-3-4-10(6-12)14(9)11-7-13(2)8-11/h9-11H,3-8H2,1-2H3. The number of rotatable bonds is 1. The van der Waals surface area contributed by atoms with Crippen molar-refractivity contribution in [2.75, 3.05) is 40.3 Å². The molecule has 2 atom stereocenters. The van der Waals surface area contributed by atoms with Crippen molar-refractivity contribution < 1.29 is 0 Å². The normalized spacial score (nSPS) is 41.6. The van der Waals surface area contributed by atoms with E-state index in [9.17, 15) is 0 Å². The lowest BCUT2D eigenvalue weighted by molar-refractivity contribution is -0.0198. The van der Waals surface area contributed by atoms with E-state index >= 15 is 0 Å². The van der Waals surface area contributed by atoms with Gasteiger partial charge in [0.1, 0.15) is 0 Å². The lowest BCUT2D eigenvalue weighted by Gasteiger charge is -2.50. The van der Waals surface area contributed by atoms with Gasteiger partial charge in [-0.2, -0.15) is 0 Å². The molecule has 0 N–H and O–H groups in total. The van der Waals surface area contributed by atoms with Crippen LogP contribution in [-0.4, -0.2) is 73.1 Å². The Hall–Kier alpha value is -0.120. The van der Waals surface area contributed by atoms with E-state index in [0.717, 1.165) is 18.1 Å². The van der Waals surface area contributed by atoms with E-state index in [4.69, 9.17) is 0 Å². The van der Waals surface area contributed by atoms with Crippen molar-refractivity contribution in [2.45, 2.75) is 31.0 Å². The van der Waals surface area contributed by atoms with E-state index in [2.05, 4.69) is 28.8 Å². The molecular formula is C11H21N3. The number of hydrogen-bond donors (Lipinski definition) is 0. The SMILES string of the molecule is CN1CC2CCC(C1)N2C1CN(C)C1. The maximum Gasteiger partial charge on any atom is 0.0357 e. The topological polar surface area (TPSA) is 9.72 Å². The zero-order valence-electron chi connectivity index (χ0n) is 9.32. The quantitative estimate of drug-likeness (QED) is 0.587. The molecular weight excluding hydrogens is 174 g/mol. The van der Waals surface area contributed by atoms with Crippen LogP contribution in [0.5, 0.6) is 0 Å². The highest BCUT2D eigenvalue weighted by atomic mass is 15.4. The van der Waals surface area contributed by atoms with E-state index < -0.39 is 0 Å². The molecule has 0 aromatic heterocycles. The van der Waals surface area contributed by atoms with Crippen molar-refractivity contribution in [3.05, 3.63) is 0 Å². The summed E-state index contributed by atoms with van der Waals surface area (Å²) in [6.45, 7) is 5.21. The molecule has 14 heavy (non-hydrogen) atoms. The van der Waals surface area contributed by atoms with E-state index in [-0.39, 0.29) is 0 Å². The van der Waals surface area contributed by atoms with Gasteiger partial charge in [-0.25, -0.2) is 0 Å². The highest BCUT2D eigenvalue weighted by molar-refractivity contribution is 5.01. The van der Waals surface area contributed by atoms with Gasteiger partial charge in [-0.1, -0.05) is 0 Å². The number of nitrogens with zero attached hydrogens (tertiary/aromatic N) is 3. The molecule has 80 valence electrons. The molecule has 0 aromatic carbocycles. The molecule has 3 heterocycles. The van der Waals surface area contributed by atoms with Gasteiger partial charge in [-0.05, 0) is 26.9 Å². The fourth-order valence-electron chi connectivity index (χ4n) is 3.60. The van der Waals surface area contributed by atoms with Gasteiger partial charge in [-0.15, -0.1) is 0 Å². The second-order valence-corrected chi connectivity index (χ2v) is 5.43. The third-order valence-electron chi connectivity index (χ3n) is 4.19. The summed E-state index contributed by atoms with van der Waals surface area (Å²) in [5, 5.41) is 0. The number of fused-ring (bicyclic) bond motifs is 2. The Morgan fingerprint density at radius 1 is 0.714 bits per heavy atom. The third-order valence-corrected chi connectivity index (χ3v) is 4.19. The fraction of sp³-hybridized carbons (Fsp3) is 1.00. The first-order valence-electron chi connectivity index (χ1n) is 5.88. The average Bonchev–Trinajstić information content (AvgIpc) is 2.32. The minimum atomic E-state index is 0.873. The first kappa shape index (κ1) is 9.13. The van der Waals surface area contributed by atoms with Crippen LogP contribution >= 0.6 is 0 Å². The maximum absolute atomic E-state index is 2.83. The second kappa shape index (κ2) is 3.19. The Labute approximate surface area is 86.7 Å². The molecule has 3 aliphatic heterocycles. The number of likely N-dealkylation sites (N-methyl/N-ethyl adjacent to an activating group) is 2. The van der Waals surface area contributed by atoms with Crippen molar-refractivity contribution in [3.8, 4) is 0 Å². The predicted molar refractivity (Wildman–Crippen MR) is 57.4 cm³/mol. The van der Waals surface area contributed by atoms with E-state index in [1.807, 2.05) is 0 Å². The van der Waals surface area contributed by atoms with Gasteiger partial charge in [0.25, 0.3) is 0 Å². The lowest BCUT2D eigenvalue weighted by atomic mass is 10.0. The average molecular weight is 195 g/mol. The molecule has 3 aliphatic rings. The monoisotopic (exact) mass is 195 g/mol. The first-order chi connectivity index (χ1) is 6.74. The van der Waals surface area contributed by atoms with E-state index in [1.165, 1.54) is 39.0 Å². The molecule has 3 fully saturated rings. The third kappa shape index (κ3) is 1.30. The summed E-state index contributed by atoms with van der Waals surface area (Å²) >= 11 is 0. The predicted octanol–water partition coefficient (Wildman–Crippen LogP) is 0.0788. The van der Waals surface area contributed by atoms with Crippen LogP contribution in [0.25, 0.3) is 0 Å². The summed E-state index contributed by atoms with van der Waals surface area (Å²) in [6, 6.07) is 2.63. The number of likely N-dealkylation sites (tertiary alicyclic amines) is 2. The van der Waals surface area contributed by atoms with Crippen molar-refractivity contribution in [1.82, 2.24) is 14.7 Å². The minimum absolute atomic E-state index is 0.873. The Morgan fingerprint density at radius 3 is 1.64 bits per heavy atom. The summed E-state index contributed by atoms with van der Waals surface area (Å²) in [5.41, 5.74) is 0. The molecule has 0 spiro atoms. The summed E-state index contributed by atoms with van der Waals surface area (Å²) in [4.78, 5) is 7.78. The van der Waals surface area contributed by atoms with E-state index in [0.29, 0.717) is 0 Å². The van der Waals surface area contributed by atoms with Crippen LogP contribution in [-0.2, 0) is 0 Å². The van der Waals surface area contributed by atoms with Gasteiger partial charge in [0.15, 0.2) is 0 Å². The Balaban J connectivity index is 1.69. The molecule has 0 aromatic rings. The van der Waals surface area contributed by atoms with Crippen molar-refractivity contribution in [1.29, 1.82) is 0 Å². The largest absolute Gasteiger partial charge is 0.303 e. The lowest BCUT2D eigenvalue weighted by Crippen LogP contribution is -2.65. The zero-order chi connectivity index (χ0) is 9.71. The fourth-order valence-corrected chi connectivity index (χ4v) is 3.60. The Kier molecular flexibility index (Phi) is 2.08. The van der Waals surface area contributed by atoms with Crippen molar-refractivity contribution in [2.24, 2.45) is 0 Å². The van der Waals surface area contributed by atoms with E-state index in [1.54, 1.807) is 0 Å². The molecule has 3 nitrogen and oxygen atoms in total. The van der Waals surface area contributed by atoms with Crippen LogP contribution in [0, 0.1) is 0 Å². The molecule has 0 saturated carbocycles. The number of piperazine rings is 1. The van der Waals surface area contributed by atoms with Crippen LogP contribution in [0.2, 0.25) is 0 Å². The van der Waals surface area contributed by atoms with Gasteiger partial charge in [-0.3, -0.25) is 4.90 Å². The Morgan fingerprint density at radius 2 is 1.14 bits per heavy atom. The second-order valence-electron chi connectivity index (χ2n) is 5.43. The van der Waals surface area contributed by atoms with Crippen molar-refractivity contribution >= 4 is 0 Å². The summed E-state index contributed by atoms with van der Waals surface area (Å²) in [6.07, 6.45) is 2.88. The van der Waals surface area contributed by atoms with Gasteiger partial charge in [0.05, 0.1) is 0 Å². The highest BCUT2D eigenvalue weighted by Gasteiger charge is 2.44. The van der Waals surface area contributed by atoms with Crippen LogP contribution in [0.1, 0.15) is 12.8 Å².